The minimum absolute atomic E-state index is 0.288. The number of thiophene rings is 1. The third-order valence-electron chi connectivity index (χ3n) is 2.74. The number of rotatable bonds is 4. The first kappa shape index (κ1) is 16.3. The van der Waals surface area contributed by atoms with Gasteiger partial charge in [-0.2, -0.15) is 0 Å². The van der Waals surface area contributed by atoms with Gasteiger partial charge in [-0.25, -0.2) is 0 Å². The van der Waals surface area contributed by atoms with Crippen molar-refractivity contribution < 1.29 is 19.1 Å². The van der Waals surface area contributed by atoms with E-state index in [4.69, 9.17) is 9.47 Å². The van der Waals surface area contributed by atoms with Crippen LogP contribution in [-0.4, -0.2) is 26.0 Å². The lowest BCUT2D eigenvalue weighted by molar-refractivity contribution is 0.0847. The Labute approximate surface area is 139 Å². The van der Waals surface area contributed by atoms with E-state index in [1.807, 2.05) is 0 Å². The van der Waals surface area contributed by atoms with Gasteiger partial charge in [-0.15, -0.1) is 11.3 Å². The summed E-state index contributed by atoms with van der Waals surface area (Å²) in [6, 6.07) is 8.20. The van der Waals surface area contributed by atoms with Gasteiger partial charge in [0.1, 0.15) is 11.5 Å². The second kappa shape index (κ2) is 7.28. The van der Waals surface area contributed by atoms with Crippen molar-refractivity contribution in [3.63, 3.8) is 0 Å². The predicted octanol–water partition coefficient (Wildman–Crippen LogP) is 2.60. The molecule has 0 spiro atoms. The quantitative estimate of drug-likeness (QED) is 0.794. The molecule has 0 aliphatic rings. The average molecular weight is 385 g/mol. The van der Waals surface area contributed by atoms with Crippen molar-refractivity contribution in [3.05, 3.63) is 44.6 Å². The van der Waals surface area contributed by atoms with Crippen LogP contribution in [0.5, 0.6) is 11.5 Å². The highest BCUT2D eigenvalue weighted by Crippen LogP contribution is 2.24. The molecule has 0 atom stereocenters. The number of benzene rings is 1. The largest absolute Gasteiger partial charge is 0.497 e. The van der Waals surface area contributed by atoms with Gasteiger partial charge in [-0.3, -0.25) is 20.4 Å². The van der Waals surface area contributed by atoms with E-state index in [0.29, 0.717) is 16.4 Å². The number of hydrogen-bond donors (Lipinski definition) is 2. The van der Waals surface area contributed by atoms with Crippen LogP contribution in [0.15, 0.2) is 34.1 Å². The SMILES string of the molecule is COc1ccc(C(=O)NNC(=O)c2ccc(Br)s2)c(OC)c1. The average Bonchev–Trinajstić information content (AvgIpc) is 2.98. The maximum absolute atomic E-state index is 12.1. The molecule has 0 saturated heterocycles. The van der Waals surface area contributed by atoms with E-state index < -0.39 is 11.8 Å². The molecule has 6 nitrogen and oxygen atoms in total. The van der Waals surface area contributed by atoms with Crippen molar-refractivity contribution in [2.45, 2.75) is 0 Å². The Morgan fingerprint density at radius 2 is 1.77 bits per heavy atom. The van der Waals surface area contributed by atoms with Gasteiger partial charge in [0.05, 0.1) is 28.4 Å². The first-order valence-electron chi connectivity index (χ1n) is 6.13. The molecule has 0 fully saturated rings. The molecule has 0 saturated carbocycles. The highest BCUT2D eigenvalue weighted by Gasteiger charge is 2.15. The summed E-state index contributed by atoms with van der Waals surface area (Å²) in [7, 11) is 2.97. The molecule has 1 heterocycles. The fraction of sp³-hybridized carbons (Fsp3) is 0.143. The second-order valence-corrected chi connectivity index (χ2v) is 6.54. The molecular weight excluding hydrogens is 372 g/mol. The zero-order valence-corrected chi connectivity index (χ0v) is 14.2. The number of nitrogens with one attached hydrogen (secondary N) is 2. The summed E-state index contributed by atoms with van der Waals surface area (Å²) in [5, 5.41) is 0. The zero-order valence-electron chi connectivity index (χ0n) is 11.8. The van der Waals surface area contributed by atoms with Gasteiger partial charge in [0.2, 0.25) is 0 Å². The van der Waals surface area contributed by atoms with Gasteiger partial charge >= 0.3 is 0 Å². The molecule has 22 heavy (non-hydrogen) atoms. The topological polar surface area (TPSA) is 76.7 Å². The lowest BCUT2D eigenvalue weighted by Crippen LogP contribution is -2.41. The fourth-order valence-corrected chi connectivity index (χ4v) is 2.95. The van der Waals surface area contributed by atoms with Gasteiger partial charge in [0, 0.05) is 6.07 Å². The smallest absolute Gasteiger partial charge is 0.279 e. The molecule has 2 N–H and O–H groups in total. The Kier molecular flexibility index (Phi) is 5.40. The maximum Gasteiger partial charge on any atom is 0.279 e. The number of hydrogen-bond acceptors (Lipinski definition) is 5. The van der Waals surface area contributed by atoms with Crippen LogP contribution in [0.4, 0.5) is 0 Å². The Balaban J connectivity index is 2.04. The maximum atomic E-state index is 12.1. The van der Waals surface area contributed by atoms with Crippen LogP contribution in [-0.2, 0) is 0 Å². The third kappa shape index (κ3) is 3.77. The van der Waals surface area contributed by atoms with E-state index >= 15 is 0 Å². The molecule has 8 heteroatoms. The minimum Gasteiger partial charge on any atom is -0.497 e. The van der Waals surface area contributed by atoms with Crippen LogP contribution in [0.2, 0.25) is 0 Å². The molecule has 1 aromatic heterocycles. The van der Waals surface area contributed by atoms with Gasteiger partial charge < -0.3 is 9.47 Å². The van der Waals surface area contributed by atoms with Crippen LogP contribution in [0.1, 0.15) is 20.0 Å². The molecule has 2 amide bonds. The van der Waals surface area contributed by atoms with E-state index in [1.54, 1.807) is 30.3 Å². The van der Waals surface area contributed by atoms with E-state index in [-0.39, 0.29) is 5.56 Å². The standard InChI is InChI=1S/C14H13BrN2O4S/c1-20-8-3-4-9(10(7-8)21-2)13(18)16-17-14(19)11-5-6-12(15)22-11/h3-7H,1-2H3,(H,16,18)(H,17,19). The van der Waals surface area contributed by atoms with E-state index in [2.05, 4.69) is 26.8 Å². The number of carbonyl (C=O) groups is 2. The van der Waals surface area contributed by atoms with Crippen molar-refractivity contribution in [1.29, 1.82) is 0 Å². The normalized spacial score (nSPS) is 9.95. The lowest BCUT2D eigenvalue weighted by Gasteiger charge is -2.11. The molecular formula is C14H13BrN2O4S. The van der Waals surface area contributed by atoms with Crippen LogP contribution < -0.4 is 20.3 Å². The lowest BCUT2D eigenvalue weighted by atomic mass is 10.2. The highest BCUT2D eigenvalue weighted by atomic mass is 79.9. The van der Waals surface area contributed by atoms with Crippen molar-refractivity contribution in [2.24, 2.45) is 0 Å². The Morgan fingerprint density at radius 1 is 1.05 bits per heavy atom. The summed E-state index contributed by atoms with van der Waals surface area (Å²) in [5.41, 5.74) is 4.99. The number of amides is 2. The van der Waals surface area contributed by atoms with E-state index in [0.717, 1.165) is 3.79 Å². The minimum atomic E-state index is -0.483. The number of hydrazine groups is 1. The summed E-state index contributed by atoms with van der Waals surface area (Å²) in [4.78, 5) is 24.5. The van der Waals surface area contributed by atoms with Gasteiger partial charge in [0.15, 0.2) is 0 Å². The third-order valence-corrected chi connectivity index (χ3v) is 4.36. The highest BCUT2D eigenvalue weighted by molar-refractivity contribution is 9.11. The van der Waals surface area contributed by atoms with E-state index in [9.17, 15) is 9.59 Å². The number of halogens is 1. The van der Waals surface area contributed by atoms with Crippen molar-refractivity contribution in [2.75, 3.05) is 14.2 Å². The summed E-state index contributed by atoms with van der Waals surface area (Å²) in [6.45, 7) is 0. The molecule has 0 aliphatic carbocycles. The Morgan fingerprint density at radius 3 is 2.36 bits per heavy atom. The van der Waals surface area contributed by atoms with Gasteiger partial charge in [-0.05, 0) is 40.2 Å². The van der Waals surface area contributed by atoms with Crippen LogP contribution in [0, 0.1) is 0 Å². The second-order valence-electron chi connectivity index (χ2n) is 4.08. The number of ether oxygens (including phenoxy) is 2. The van der Waals surface area contributed by atoms with Crippen molar-refractivity contribution in [3.8, 4) is 11.5 Å². The zero-order chi connectivity index (χ0) is 16.1. The molecule has 1 aromatic carbocycles. The Bertz CT molecular complexity index is 702. The van der Waals surface area contributed by atoms with Crippen LogP contribution in [0.3, 0.4) is 0 Å². The summed E-state index contributed by atoms with van der Waals surface area (Å²) < 4.78 is 11.0. The monoisotopic (exact) mass is 384 g/mol. The van der Waals surface area contributed by atoms with Gasteiger partial charge in [0.25, 0.3) is 11.8 Å². The van der Waals surface area contributed by atoms with E-state index in [1.165, 1.54) is 25.6 Å². The summed E-state index contributed by atoms with van der Waals surface area (Å²) >= 11 is 4.54. The molecule has 2 aromatic rings. The Hall–Kier alpha value is -2.06. The first-order valence-corrected chi connectivity index (χ1v) is 7.74. The number of carbonyl (C=O) groups excluding carboxylic acids is 2. The van der Waals surface area contributed by atoms with Crippen molar-refractivity contribution in [1.82, 2.24) is 10.9 Å². The van der Waals surface area contributed by atoms with Crippen molar-refractivity contribution >= 4 is 39.1 Å². The predicted molar refractivity (Wildman–Crippen MR) is 86.5 cm³/mol. The molecule has 0 radical (unpaired) electrons. The fourth-order valence-electron chi connectivity index (χ4n) is 1.66. The summed E-state index contributed by atoms with van der Waals surface area (Å²) in [6.07, 6.45) is 0. The molecule has 116 valence electrons. The molecule has 0 bridgehead atoms. The molecule has 0 unspecified atom stereocenters. The summed E-state index contributed by atoms with van der Waals surface area (Å²) in [5.74, 6) is 0.0471. The van der Waals surface area contributed by atoms with Gasteiger partial charge in [-0.1, -0.05) is 0 Å². The van der Waals surface area contributed by atoms with Crippen LogP contribution in [0.25, 0.3) is 0 Å². The first-order chi connectivity index (χ1) is 10.5. The van der Waals surface area contributed by atoms with Crippen LogP contribution >= 0.6 is 27.3 Å². The molecule has 0 aliphatic heterocycles. The molecule has 2 rings (SSSR count). The number of methoxy groups -OCH3 is 2.